The van der Waals surface area contributed by atoms with Crippen LogP contribution in [0.2, 0.25) is 0 Å². The van der Waals surface area contributed by atoms with E-state index in [-0.39, 0.29) is 26.9 Å². The number of nitrogens with zero attached hydrogens (tertiary/aromatic N) is 7. The Morgan fingerprint density at radius 3 is 1.22 bits per heavy atom. The average molecular weight is 1000 g/mol. The summed E-state index contributed by atoms with van der Waals surface area (Å²) in [5, 5.41) is 11.8. The molecule has 300 valence electrons. The minimum Gasteiger partial charge on any atom is -0.435 e. The van der Waals surface area contributed by atoms with Gasteiger partial charge in [0, 0.05) is 39.1 Å². The summed E-state index contributed by atoms with van der Waals surface area (Å²) in [5.74, 6) is 1.11. The van der Waals surface area contributed by atoms with Crippen molar-refractivity contribution < 1.29 is 25.5 Å². The molecule has 3 aromatic heterocycles. The Morgan fingerprint density at radius 2 is 0.734 bits per heavy atom. The molecule has 0 saturated heterocycles. The summed E-state index contributed by atoms with van der Waals surface area (Å²) in [5.41, 5.74) is 7.42. The third kappa shape index (κ3) is 5.52. The predicted octanol–water partition coefficient (Wildman–Crippen LogP) is 13.1. The van der Waals surface area contributed by atoms with Gasteiger partial charge in [0.2, 0.25) is 0 Å². The molecule has 7 nitrogen and oxygen atoms in total. The molecule has 9 heteroatoms. The van der Waals surface area contributed by atoms with E-state index in [1.807, 2.05) is 54.6 Å². The van der Waals surface area contributed by atoms with Crippen LogP contribution in [0.15, 0.2) is 170 Å². The molecule has 9 aromatic carbocycles. The molecule has 5 heterocycles. The Bertz CT molecular complexity index is 4190. The number of hydrogen-bond acceptors (Lipinski definition) is 5. The van der Waals surface area contributed by atoms with Crippen molar-refractivity contribution in [3.63, 3.8) is 0 Å². The summed E-state index contributed by atoms with van der Waals surface area (Å²) in [6, 6.07) is 56.8. The Labute approximate surface area is 377 Å². The maximum absolute atomic E-state index is 15.6. The van der Waals surface area contributed by atoms with Gasteiger partial charge < -0.3 is 24.9 Å². The van der Waals surface area contributed by atoms with Crippen LogP contribution < -0.4 is 9.97 Å². The molecular weight excluding hydrogens is 973 g/mol. The number of benzene rings is 9. The summed E-state index contributed by atoms with van der Waals surface area (Å²) in [4.78, 5) is 37.3. The van der Waals surface area contributed by atoms with E-state index in [1.165, 1.54) is 6.07 Å². The van der Waals surface area contributed by atoms with Crippen molar-refractivity contribution in [3.8, 4) is 56.5 Å². The van der Waals surface area contributed by atoms with Crippen molar-refractivity contribution in [2.75, 3.05) is 0 Å². The molecule has 0 amide bonds. The molecule has 0 N–H and O–H groups in total. The van der Waals surface area contributed by atoms with Gasteiger partial charge in [-0.3, -0.25) is 0 Å². The van der Waals surface area contributed by atoms with Crippen LogP contribution in [0.1, 0.15) is 0 Å². The van der Waals surface area contributed by atoms with Crippen molar-refractivity contribution in [1.29, 1.82) is 0 Å². The van der Waals surface area contributed by atoms with Gasteiger partial charge in [0.1, 0.15) is 5.82 Å². The van der Waals surface area contributed by atoms with E-state index >= 15 is 4.39 Å². The zero-order valence-electron chi connectivity index (χ0n) is 33.5. The number of hydrogen-bond donors (Lipinski definition) is 0. The fourth-order valence-corrected chi connectivity index (χ4v) is 9.58. The maximum Gasteiger partial charge on any atom is 2.00 e. The van der Waals surface area contributed by atoms with Crippen LogP contribution in [-0.2, 0) is 21.1 Å². The molecule has 0 radical (unpaired) electrons. The van der Waals surface area contributed by atoms with E-state index in [4.69, 9.17) is 34.9 Å². The second-order valence-electron chi connectivity index (χ2n) is 16.3. The molecule has 14 rings (SSSR count). The molecule has 0 saturated carbocycles. The SMILES string of the molecule is Fc1cccc(-c2c3nc(nc4[n-]c(nc5nc(nc6[n-]c2c2cc7ccccc7cc62)-c2cc6ccccc6cc2-5)c2cc5ccccc5cc42)-c2cc4ccccc4cc2-3)c1.[Pt+2]. The van der Waals surface area contributed by atoms with Gasteiger partial charge in [-0.25, -0.2) is 14.4 Å². The molecule has 0 spiro atoms. The summed E-state index contributed by atoms with van der Waals surface area (Å²) < 4.78 is 15.6. The van der Waals surface area contributed by atoms with Gasteiger partial charge in [0.15, 0.2) is 0 Å². The van der Waals surface area contributed by atoms with Crippen molar-refractivity contribution in [1.82, 2.24) is 34.9 Å². The van der Waals surface area contributed by atoms with Crippen molar-refractivity contribution >= 4 is 87.1 Å². The van der Waals surface area contributed by atoms with Crippen molar-refractivity contribution in [3.05, 3.63) is 176 Å². The molecule has 8 bridgehead atoms. The van der Waals surface area contributed by atoms with Gasteiger partial charge in [0.25, 0.3) is 0 Å². The minimum absolute atomic E-state index is 0. The van der Waals surface area contributed by atoms with Crippen molar-refractivity contribution in [2.45, 2.75) is 0 Å². The Morgan fingerprint density at radius 1 is 0.344 bits per heavy atom. The van der Waals surface area contributed by atoms with Gasteiger partial charge in [-0.15, -0.1) is 0 Å². The van der Waals surface area contributed by atoms with E-state index in [0.717, 1.165) is 86.9 Å². The van der Waals surface area contributed by atoms with Crippen LogP contribution in [0.5, 0.6) is 0 Å². The largest absolute Gasteiger partial charge is 2.00 e. The number of aromatic nitrogens is 7. The van der Waals surface area contributed by atoms with E-state index in [9.17, 15) is 0 Å². The van der Waals surface area contributed by atoms with Crippen LogP contribution in [0, 0.1) is 5.82 Å². The standard InChI is InChI=1S/C55H28FN7.Pt/c56-38-19-9-18-37(20-38)47-48-39-21-29-10-1-3-12-31(29)23-41(39)50(57-48)59-52-43-25-33-14-5-7-16-35(33)27-45(43)54(61-52)63-55-46-28-36-17-8-6-15-34(36)26-44(46)53(62-55)60-51-42-24-32-13-4-2-11-30(32)22-40(42)49(47)58-51;/h1-28H;/q-2;+2. The molecule has 0 unspecified atom stereocenters. The van der Waals surface area contributed by atoms with Crippen LogP contribution in [0.3, 0.4) is 0 Å². The molecule has 2 aliphatic rings. The van der Waals surface area contributed by atoms with Gasteiger partial charge in [-0.05, 0) is 142 Å². The smallest absolute Gasteiger partial charge is 0.435 e. The minimum atomic E-state index is -0.368. The second kappa shape index (κ2) is 13.8. The van der Waals surface area contributed by atoms with Gasteiger partial charge in [0.05, 0.1) is 23.2 Å². The topological polar surface area (TPSA) is 92.7 Å². The van der Waals surface area contributed by atoms with Crippen molar-refractivity contribution in [2.24, 2.45) is 0 Å². The molecule has 0 aliphatic carbocycles. The Kier molecular flexibility index (Phi) is 7.90. The van der Waals surface area contributed by atoms with E-state index < -0.39 is 0 Å². The summed E-state index contributed by atoms with van der Waals surface area (Å²) >= 11 is 0. The molecule has 0 fully saturated rings. The Balaban J connectivity index is 0.00000413. The molecule has 0 atom stereocenters. The fourth-order valence-electron chi connectivity index (χ4n) is 9.58. The summed E-state index contributed by atoms with van der Waals surface area (Å²) in [7, 11) is 0. The first-order valence-electron chi connectivity index (χ1n) is 20.8. The number of fused-ring (bicyclic) bond motifs is 24. The van der Waals surface area contributed by atoms with Crippen LogP contribution in [0.4, 0.5) is 4.39 Å². The quantitative estimate of drug-likeness (QED) is 0.162. The third-order valence-corrected chi connectivity index (χ3v) is 12.6. The molecule has 2 aliphatic heterocycles. The normalized spacial score (nSPS) is 12.0. The predicted molar refractivity (Wildman–Crippen MR) is 252 cm³/mol. The first-order valence-corrected chi connectivity index (χ1v) is 20.8. The summed E-state index contributed by atoms with van der Waals surface area (Å²) in [6.45, 7) is 0. The third-order valence-electron chi connectivity index (χ3n) is 12.6. The first-order chi connectivity index (χ1) is 31.1. The zero-order chi connectivity index (χ0) is 41.3. The van der Waals surface area contributed by atoms with E-state index in [0.29, 0.717) is 56.8 Å². The van der Waals surface area contributed by atoms with E-state index in [1.54, 1.807) is 12.1 Å². The first kappa shape index (κ1) is 36.7. The monoisotopic (exact) mass is 1000 g/mol. The van der Waals surface area contributed by atoms with Crippen LogP contribution in [-0.4, -0.2) is 24.9 Å². The van der Waals surface area contributed by atoms with Gasteiger partial charge in [-0.1, -0.05) is 109 Å². The summed E-state index contributed by atoms with van der Waals surface area (Å²) in [6.07, 6.45) is 0. The van der Waals surface area contributed by atoms with Gasteiger partial charge >= 0.3 is 21.1 Å². The van der Waals surface area contributed by atoms with E-state index in [2.05, 4.69) is 97.1 Å². The van der Waals surface area contributed by atoms with Gasteiger partial charge in [-0.2, -0.15) is 0 Å². The molecule has 64 heavy (non-hydrogen) atoms. The number of halogens is 1. The average Bonchev–Trinajstić information content (AvgIpc) is 4.04. The number of rotatable bonds is 1. The second-order valence-corrected chi connectivity index (χ2v) is 16.3. The zero-order valence-corrected chi connectivity index (χ0v) is 35.8. The molecular formula is C55H28FN7Pt. The molecule has 12 aromatic rings. The Hall–Kier alpha value is -7.93. The maximum atomic E-state index is 15.6. The van der Waals surface area contributed by atoms with Crippen LogP contribution in [0.25, 0.3) is 144 Å². The fraction of sp³-hybridized carbons (Fsp3) is 0. The van der Waals surface area contributed by atoms with Crippen LogP contribution >= 0.6 is 0 Å².